The molecule has 0 aliphatic heterocycles. The monoisotopic (exact) mass is 556 g/mol. The van der Waals surface area contributed by atoms with Gasteiger partial charge in [-0.2, -0.15) is 18.4 Å². The molecule has 0 unspecified atom stereocenters. The lowest BCUT2D eigenvalue weighted by atomic mass is 9.97. The summed E-state index contributed by atoms with van der Waals surface area (Å²) in [5.74, 6) is 0.560. The summed E-state index contributed by atoms with van der Waals surface area (Å²) < 4.78 is 45.3. The number of hydrogen-bond acceptors (Lipinski definition) is 2. The van der Waals surface area contributed by atoms with Crippen LogP contribution in [0.2, 0.25) is 0 Å². The highest BCUT2D eigenvalue weighted by atomic mass is 19.4. The number of alkyl halides is 3. The lowest BCUT2D eigenvalue weighted by Gasteiger charge is -2.14. The van der Waals surface area contributed by atoms with Gasteiger partial charge in [-0.3, -0.25) is 0 Å². The number of allylic oxidation sites excluding steroid dienone is 1. The van der Waals surface area contributed by atoms with Crippen molar-refractivity contribution in [2.24, 2.45) is 0 Å². The highest BCUT2D eigenvalue weighted by Gasteiger charge is 2.30. The second-order valence-electron chi connectivity index (χ2n) is 10.1. The number of nitriles is 1. The molecule has 212 valence electrons. The van der Waals surface area contributed by atoms with Crippen molar-refractivity contribution in [3.8, 4) is 11.8 Å². The van der Waals surface area contributed by atoms with Gasteiger partial charge in [-0.25, -0.2) is 4.85 Å². The molecule has 3 aromatic carbocycles. The zero-order valence-electron chi connectivity index (χ0n) is 23.8. The molecule has 3 rings (SSSR count). The molecule has 0 saturated carbocycles. The number of halogens is 3. The van der Waals surface area contributed by atoms with Crippen molar-refractivity contribution >= 4 is 23.4 Å². The summed E-state index contributed by atoms with van der Waals surface area (Å²) in [6, 6.07) is 18.4. The predicted octanol–water partition coefficient (Wildman–Crippen LogP) is 10.5. The van der Waals surface area contributed by atoms with Crippen LogP contribution in [0.1, 0.15) is 84.4 Å². The summed E-state index contributed by atoms with van der Waals surface area (Å²) in [5.41, 5.74) is 4.63. The number of hydrogen-bond donors (Lipinski definition) is 0. The van der Waals surface area contributed by atoms with Gasteiger partial charge in [-0.15, -0.1) is 0 Å². The minimum absolute atomic E-state index is 0.211. The van der Waals surface area contributed by atoms with Gasteiger partial charge in [0.1, 0.15) is 5.75 Å². The Hall–Kier alpha value is -4.29. The second kappa shape index (κ2) is 14.9. The Morgan fingerprint density at radius 3 is 2.12 bits per heavy atom. The standard InChI is InChI=1S/C35H35F3N2O/c1-5-6-7-8-9-10-19-41-34-23-29(21-31(24-39)27-13-11-25(2)12-14-27)26(3)20-30(34)22-33(40-4)28-15-17-32(18-16-28)35(36,37)38/h11-18,20-23H,5-10,19H2,1-3H3/b31-21+,33-22-. The van der Waals surface area contributed by atoms with Crippen LogP contribution >= 0.6 is 0 Å². The van der Waals surface area contributed by atoms with Crippen LogP contribution < -0.4 is 4.74 Å². The molecule has 3 nitrogen and oxygen atoms in total. The van der Waals surface area contributed by atoms with Crippen LogP contribution in [0.3, 0.4) is 0 Å². The molecule has 0 fully saturated rings. The zero-order chi connectivity index (χ0) is 29.8. The molecule has 0 heterocycles. The normalized spacial score (nSPS) is 12.1. The van der Waals surface area contributed by atoms with Gasteiger partial charge in [0.15, 0.2) is 5.70 Å². The smallest absolute Gasteiger partial charge is 0.416 e. The minimum Gasteiger partial charge on any atom is -0.493 e. The summed E-state index contributed by atoms with van der Waals surface area (Å²) in [7, 11) is 0. The molecular formula is C35H35F3N2O. The Labute approximate surface area is 241 Å². The van der Waals surface area contributed by atoms with Crippen molar-refractivity contribution < 1.29 is 17.9 Å². The van der Waals surface area contributed by atoms with Gasteiger partial charge in [0, 0.05) is 5.56 Å². The predicted molar refractivity (Wildman–Crippen MR) is 161 cm³/mol. The topological polar surface area (TPSA) is 37.4 Å². The van der Waals surface area contributed by atoms with E-state index in [2.05, 4.69) is 17.8 Å². The molecule has 0 aliphatic rings. The van der Waals surface area contributed by atoms with Crippen LogP contribution in [0.15, 0.2) is 60.7 Å². The fourth-order valence-corrected chi connectivity index (χ4v) is 4.41. The molecule has 0 aromatic heterocycles. The van der Waals surface area contributed by atoms with E-state index in [0.29, 0.717) is 29.1 Å². The highest BCUT2D eigenvalue weighted by molar-refractivity contribution is 5.91. The molecule has 0 aliphatic carbocycles. The van der Waals surface area contributed by atoms with Crippen molar-refractivity contribution in [1.82, 2.24) is 0 Å². The molecular weight excluding hydrogens is 521 g/mol. The lowest BCUT2D eigenvalue weighted by molar-refractivity contribution is -0.137. The maximum absolute atomic E-state index is 13.0. The van der Waals surface area contributed by atoms with Crippen molar-refractivity contribution in [3.05, 3.63) is 111 Å². The van der Waals surface area contributed by atoms with E-state index in [1.54, 1.807) is 6.08 Å². The maximum atomic E-state index is 13.0. The van der Waals surface area contributed by atoms with Crippen LogP contribution in [0.4, 0.5) is 13.2 Å². The van der Waals surface area contributed by atoms with E-state index in [1.807, 2.05) is 56.3 Å². The first-order valence-corrected chi connectivity index (χ1v) is 13.9. The Morgan fingerprint density at radius 1 is 0.878 bits per heavy atom. The quantitative estimate of drug-likeness (QED) is 0.0963. The van der Waals surface area contributed by atoms with Crippen molar-refractivity contribution in [2.75, 3.05) is 6.61 Å². The number of rotatable bonds is 12. The fraction of sp³-hybridized carbons (Fsp3) is 0.314. The van der Waals surface area contributed by atoms with E-state index < -0.39 is 11.7 Å². The van der Waals surface area contributed by atoms with Crippen LogP contribution in [0, 0.1) is 31.8 Å². The third-order valence-corrected chi connectivity index (χ3v) is 6.86. The number of unbranched alkanes of at least 4 members (excludes halogenated alkanes) is 5. The Morgan fingerprint density at radius 2 is 1.51 bits per heavy atom. The summed E-state index contributed by atoms with van der Waals surface area (Å²) in [4.78, 5) is 3.60. The molecule has 0 N–H and O–H groups in total. The first-order chi connectivity index (χ1) is 19.7. The van der Waals surface area contributed by atoms with Gasteiger partial charge >= 0.3 is 6.18 Å². The summed E-state index contributed by atoms with van der Waals surface area (Å²) in [6.07, 6.45) is 5.71. The number of benzene rings is 3. The molecule has 0 atom stereocenters. The van der Waals surface area contributed by atoms with Crippen molar-refractivity contribution in [2.45, 2.75) is 65.5 Å². The molecule has 0 saturated heterocycles. The maximum Gasteiger partial charge on any atom is 0.416 e. The SMILES string of the molecule is [C-]#[N+]/C(=C\c1cc(C)c(/C=C(\C#N)c2ccc(C)cc2)cc1OCCCCCCCC)c1ccc(C(F)(F)F)cc1. The Kier molecular flexibility index (Phi) is 11.4. The van der Waals surface area contributed by atoms with E-state index in [4.69, 9.17) is 11.3 Å². The zero-order valence-corrected chi connectivity index (χ0v) is 23.8. The fourth-order valence-electron chi connectivity index (χ4n) is 4.41. The largest absolute Gasteiger partial charge is 0.493 e. The third-order valence-electron chi connectivity index (χ3n) is 6.86. The molecule has 3 aromatic rings. The van der Waals surface area contributed by atoms with Gasteiger partial charge in [0.2, 0.25) is 0 Å². The highest BCUT2D eigenvalue weighted by Crippen LogP contribution is 2.33. The van der Waals surface area contributed by atoms with Crippen LogP contribution in [0.5, 0.6) is 5.75 Å². The van der Waals surface area contributed by atoms with E-state index in [-0.39, 0.29) is 5.70 Å². The lowest BCUT2D eigenvalue weighted by Crippen LogP contribution is -2.04. The molecule has 6 heteroatoms. The van der Waals surface area contributed by atoms with Crippen LogP contribution in [-0.2, 0) is 6.18 Å². The number of nitrogens with zero attached hydrogens (tertiary/aromatic N) is 2. The van der Waals surface area contributed by atoms with Crippen molar-refractivity contribution in [3.63, 3.8) is 0 Å². The van der Waals surface area contributed by atoms with Gasteiger partial charge < -0.3 is 4.74 Å². The summed E-state index contributed by atoms with van der Waals surface area (Å²) in [5, 5.41) is 9.87. The van der Waals surface area contributed by atoms with Gasteiger partial charge in [-0.05, 0) is 66.8 Å². The molecule has 0 amide bonds. The van der Waals surface area contributed by atoms with Gasteiger partial charge in [0.05, 0.1) is 30.4 Å². The Bertz CT molecular complexity index is 1450. The van der Waals surface area contributed by atoms with Crippen LogP contribution in [-0.4, -0.2) is 6.61 Å². The van der Waals surface area contributed by atoms with Crippen molar-refractivity contribution in [1.29, 1.82) is 5.26 Å². The summed E-state index contributed by atoms with van der Waals surface area (Å²) in [6.45, 7) is 14.3. The number of ether oxygens (including phenoxy) is 1. The minimum atomic E-state index is -4.45. The Balaban J connectivity index is 1.98. The first kappa shape index (κ1) is 31.2. The first-order valence-electron chi connectivity index (χ1n) is 13.9. The van der Waals surface area contributed by atoms with Gasteiger partial charge in [0.25, 0.3) is 0 Å². The third kappa shape index (κ3) is 9.12. The summed E-state index contributed by atoms with van der Waals surface area (Å²) >= 11 is 0. The average molecular weight is 557 g/mol. The van der Waals surface area contributed by atoms with E-state index in [9.17, 15) is 18.4 Å². The average Bonchev–Trinajstić information content (AvgIpc) is 2.95. The van der Waals surface area contributed by atoms with Gasteiger partial charge in [-0.1, -0.05) is 93.1 Å². The van der Waals surface area contributed by atoms with E-state index >= 15 is 0 Å². The number of aryl methyl sites for hydroxylation is 2. The molecule has 0 bridgehead atoms. The molecule has 0 radical (unpaired) electrons. The van der Waals surface area contributed by atoms with E-state index in [1.165, 1.54) is 31.4 Å². The van der Waals surface area contributed by atoms with E-state index in [0.717, 1.165) is 53.6 Å². The second-order valence-corrected chi connectivity index (χ2v) is 10.1. The molecule has 0 spiro atoms. The van der Waals surface area contributed by atoms with Crippen LogP contribution in [0.25, 0.3) is 28.3 Å². The molecule has 41 heavy (non-hydrogen) atoms.